The van der Waals surface area contributed by atoms with Gasteiger partial charge in [-0.1, -0.05) is 18.2 Å². The lowest BCUT2D eigenvalue weighted by atomic mass is 10.1. The number of carbonyl (C=O) groups is 3. The molecule has 3 aromatic rings. The van der Waals surface area contributed by atoms with E-state index < -0.39 is 0 Å². The van der Waals surface area contributed by atoms with Gasteiger partial charge in [-0.05, 0) is 87.2 Å². The van der Waals surface area contributed by atoms with Crippen LogP contribution in [0.15, 0.2) is 60.7 Å². The first kappa shape index (κ1) is 35.2. The van der Waals surface area contributed by atoms with Gasteiger partial charge in [0.2, 0.25) is 5.91 Å². The summed E-state index contributed by atoms with van der Waals surface area (Å²) >= 11 is 0. The van der Waals surface area contributed by atoms with Crippen molar-refractivity contribution in [2.45, 2.75) is 39.0 Å². The molecule has 47 heavy (non-hydrogen) atoms. The summed E-state index contributed by atoms with van der Waals surface area (Å²) in [6.45, 7) is 6.61. The minimum atomic E-state index is -0.365. The van der Waals surface area contributed by atoms with Gasteiger partial charge in [0.25, 0.3) is 11.8 Å². The topological polar surface area (TPSA) is 135 Å². The number of hydrogen-bond donors (Lipinski definition) is 3. The third kappa shape index (κ3) is 9.94. The average molecular weight is 646 g/mol. The van der Waals surface area contributed by atoms with Gasteiger partial charge in [-0.15, -0.1) is 0 Å². The Morgan fingerprint density at radius 1 is 0.894 bits per heavy atom. The fourth-order valence-electron chi connectivity index (χ4n) is 5.29. The van der Waals surface area contributed by atoms with Crippen LogP contribution < -0.4 is 35.5 Å². The number of hydrogen-bond acceptors (Lipinski definition) is 8. The van der Waals surface area contributed by atoms with Gasteiger partial charge in [0.05, 0.1) is 37.3 Å². The molecule has 0 saturated carbocycles. The van der Waals surface area contributed by atoms with E-state index in [0.29, 0.717) is 72.4 Å². The SMILES string of the molecule is COc1cc(C(=O)N(C)c2ccc(C)cc2OCCCCCC(=O)N2CCNCC2)ccc1NC(=O)c1ccccc1OCCCN. The largest absolute Gasteiger partial charge is 0.495 e. The van der Waals surface area contributed by atoms with E-state index in [1.54, 1.807) is 54.4 Å². The normalized spacial score (nSPS) is 12.7. The standard InChI is InChI=1S/C36H47N5O6/c1-26-13-16-30(33(24-26)47-22-8-4-5-12-34(42)41-20-18-38-19-21-41)40(2)36(44)27-14-15-29(32(25-27)45-3)39-35(43)28-10-6-7-11-31(28)46-23-9-17-37/h6-7,10-11,13-16,24-25,38H,4-5,8-9,12,17-23,37H2,1-3H3,(H,39,43). The predicted molar refractivity (Wildman–Crippen MR) is 184 cm³/mol. The zero-order chi connectivity index (χ0) is 33.6. The molecule has 1 fully saturated rings. The maximum Gasteiger partial charge on any atom is 0.259 e. The van der Waals surface area contributed by atoms with Crippen LogP contribution in [0.1, 0.15) is 58.4 Å². The molecule has 0 atom stereocenters. The molecule has 11 heteroatoms. The minimum absolute atomic E-state index is 0.217. The Balaban J connectivity index is 1.36. The number of nitrogens with two attached hydrogens (primary N) is 1. The van der Waals surface area contributed by atoms with Crippen molar-refractivity contribution in [2.24, 2.45) is 5.73 Å². The van der Waals surface area contributed by atoms with Crippen LogP contribution in [0.25, 0.3) is 0 Å². The molecule has 0 radical (unpaired) electrons. The number of nitrogens with zero attached hydrogens (tertiary/aromatic N) is 2. The van der Waals surface area contributed by atoms with Crippen molar-refractivity contribution in [1.82, 2.24) is 10.2 Å². The van der Waals surface area contributed by atoms with Gasteiger partial charge < -0.3 is 40.4 Å². The first-order valence-corrected chi connectivity index (χ1v) is 16.2. The molecule has 3 aromatic carbocycles. The monoisotopic (exact) mass is 645 g/mol. The fraction of sp³-hybridized carbons (Fsp3) is 0.417. The molecule has 0 unspecified atom stereocenters. The number of para-hydroxylation sites is 1. The summed E-state index contributed by atoms with van der Waals surface area (Å²) < 4.78 is 17.5. The molecule has 0 aromatic heterocycles. The summed E-state index contributed by atoms with van der Waals surface area (Å²) in [4.78, 5) is 42.7. The van der Waals surface area contributed by atoms with Crippen molar-refractivity contribution in [3.63, 3.8) is 0 Å². The molecule has 1 aliphatic rings. The molecule has 1 aliphatic heterocycles. The molecule has 0 aliphatic carbocycles. The van der Waals surface area contributed by atoms with Crippen molar-refractivity contribution in [2.75, 3.05) is 70.3 Å². The summed E-state index contributed by atoms with van der Waals surface area (Å²) in [5.74, 6) is 1.00. The number of benzene rings is 3. The number of nitrogens with one attached hydrogen (secondary N) is 2. The molecule has 252 valence electrons. The Kier molecular flexibility index (Phi) is 13.4. The molecule has 1 heterocycles. The third-order valence-electron chi connectivity index (χ3n) is 7.98. The van der Waals surface area contributed by atoms with E-state index in [-0.39, 0.29) is 17.7 Å². The van der Waals surface area contributed by atoms with Gasteiger partial charge in [0, 0.05) is 45.2 Å². The highest BCUT2D eigenvalue weighted by Gasteiger charge is 2.21. The van der Waals surface area contributed by atoms with Crippen molar-refractivity contribution >= 4 is 29.1 Å². The zero-order valence-corrected chi connectivity index (χ0v) is 27.7. The molecule has 11 nitrogen and oxygen atoms in total. The molecule has 0 bridgehead atoms. The summed E-state index contributed by atoms with van der Waals surface area (Å²) in [7, 11) is 3.19. The quantitative estimate of drug-likeness (QED) is 0.192. The highest BCUT2D eigenvalue weighted by molar-refractivity contribution is 6.09. The molecule has 4 rings (SSSR count). The van der Waals surface area contributed by atoms with E-state index in [0.717, 1.165) is 51.0 Å². The van der Waals surface area contributed by atoms with Crippen molar-refractivity contribution < 1.29 is 28.6 Å². The van der Waals surface area contributed by atoms with Crippen LogP contribution in [-0.4, -0.2) is 82.7 Å². The Morgan fingerprint density at radius 3 is 2.40 bits per heavy atom. The highest BCUT2D eigenvalue weighted by atomic mass is 16.5. The fourth-order valence-corrected chi connectivity index (χ4v) is 5.29. The van der Waals surface area contributed by atoms with E-state index in [1.807, 2.05) is 30.0 Å². The number of anilines is 2. The summed E-state index contributed by atoms with van der Waals surface area (Å²) in [5, 5.41) is 6.14. The van der Waals surface area contributed by atoms with Crippen LogP contribution in [-0.2, 0) is 4.79 Å². The molecule has 0 spiro atoms. The molecular formula is C36H47N5O6. The van der Waals surface area contributed by atoms with E-state index in [2.05, 4.69) is 10.6 Å². The van der Waals surface area contributed by atoms with Crippen LogP contribution in [0.5, 0.6) is 17.2 Å². The number of aryl methyl sites for hydroxylation is 1. The summed E-state index contributed by atoms with van der Waals surface area (Å²) in [6.07, 6.45) is 3.72. The number of ether oxygens (including phenoxy) is 3. The van der Waals surface area contributed by atoms with E-state index in [9.17, 15) is 14.4 Å². The van der Waals surface area contributed by atoms with Crippen molar-refractivity contribution in [3.8, 4) is 17.2 Å². The second-order valence-corrected chi connectivity index (χ2v) is 11.5. The van der Waals surface area contributed by atoms with Crippen LogP contribution in [0.4, 0.5) is 11.4 Å². The van der Waals surface area contributed by atoms with Crippen molar-refractivity contribution in [3.05, 3.63) is 77.4 Å². The number of carbonyl (C=O) groups excluding carboxylic acids is 3. The molecule has 1 saturated heterocycles. The second-order valence-electron chi connectivity index (χ2n) is 11.5. The summed E-state index contributed by atoms with van der Waals surface area (Å²) in [5.41, 5.74) is 8.39. The first-order chi connectivity index (χ1) is 22.8. The van der Waals surface area contributed by atoms with E-state index in [4.69, 9.17) is 19.9 Å². The van der Waals surface area contributed by atoms with Gasteiger partial charge in [-0.3, -0.25) is 14.4 Å². The maximum absolute atomic E-state index is 13.6. The molecule has 4 N–H and O–H groups in total. The lowest BCUT2D eigenvalue weighted by molar-refractivity contribution is -0.131. The molecule has 3 amide bonds. The van der Waals surface area contributed by atoms with Gasteiger partial charge in [-0.2, -0.15) is 0 Å². The van der Waals surface area contributed by atoms with E-state index >= 15 is 0 Å². The van der Waals surface area contributed by atoms with Crippen LogP contribution in [0.2, 0.25) is 0 Å². The number of methoxy groups -OCH3 is 1. The number of piperazine rings is 1. The maximum atomic E-state index is 13.6. The Bertz CT molecular complexity index is 1510. The average Bonchev–Trinajstić information content (AvgIpc) is 3.10. The smallest absolute Gasteiger partial charge is 0.259 e. The summed E-state index contributed by atoms with van der Waals surface area (Å²) in [6, 6.07) is 17.6. The lowest BCUT2D eigenvalue weighted by Gasteiger charge is -2.27. The van der Waals surface area contributed by atoms with Gasteiger partial charge >= 0.3 is 0 Å². The highest BCUT2D eigenvalue weighted by Crippen LogP contribution is 2.32. The van der Waals surface area contributed by atoms with Gasteiger partial charge in [0.15, 0.2) is 0 Å². The number of unbranched alkanes of at least 4 members (excludes halogenated alkanes) is 2. The minimum Gasteiger partial charge on any atom is -0.495 e. The Labute approximate surface area is 277 Å². The Hall–Kier alpha value is -4.61. The van der Waals surface area contributed by atoms with Crippen LogP contribution in [0, 0.1) is 6.92 Å². The van der Waals surface area contributed by atoms with E-state index in [1.165, 1.54) is 7.11 Å². The third-order valence-corrected chi connectivity index (χ3v) is 7.98. The van der Waals surface area contributed by atoms with Crippen molar-refractivity contribution in [1.29, 1.82) is 0 Å². The lowest BCUT2D eigenvalue weighted by Crippen LogP contribution is -2.46. The Morgan fingerprint density at radius 2 is 1.64 bits per heavy atom. The predicted octanol–water partition coefficient (Wildman–Crippen LogP) is 4.63. The van der Waals surface area contributed by atoms with Gasteiger partial charge in [-0.25, -0.2) is 0 Å². The number of amides is 3. The molecular weight excluding hydrogens is 598 g/mol. The zero-order valence-electron chi connectivity index (χ0n) is 27.7. The second kappa shape index (κ2) is 17.9. The number of rotatable bonds is 16. The van der Waals surface area contributed by atoms with Crippen LogP contribution in [0.3, 0.4) is 0 Å². The van der Waals surface area contributed by atoms with Gasteiger partial charge in [0.1, 0.15) is 17.2 Å². The van der Waals surface area contributed by atoms with Crippen LogP contribution >= 0.6 is 0 Å². The first-order valence-electron chi connectivity index (χ1n) is 16.2.